The molecule has 3 aromatic rings. The summed E-state index contributed by atoms with van der Waals surface area (Å²) in [4.78, 5) is 13.4. The molecule has 0 aromatic heterocycles. The maximum atomic E-state index is 9.26. The first kappa shape index (κ1) is 26.7. The summed E-state index contributed by atoms with van der Waals surface area (Å²) < 4.78 is 0. The number of carboxylic acid groups (broad SMARTS) is 1. The van der Waals surface area contributed by atoms with Gasteiger partial charge in [0.1, 0.15) is 0 Å². The third kappa shape index (κ3) is 7.78. The van der Waals surface area contributed by atoms with E-state index >= 15 is 0 Å². The Morgan fingerprint density at radius 1 is 0.606 bits per heavy atom. The highest BCUT2D eigenvalue weighted by molar-refractivity contribution is 7.97. The highest BCUT2D eigenvalue weighted by atomic mass is 32.2. The van der Waals surface area contributed by atoms with Crippen LogP contribution in [-0.2, 0) is 15.7 Å². The molecule has 0 bridgehead atoms. The van der Waals surface area contributed by atoms with Crippen LogP contribution in [0.4, 0.5) is 0 Å². The third-order valence-corrected chi connectivity index (χ3v) is 7.87. The number of carbonyl (C=O) groups is 1. The summed E-state index contributed by atoms with van der Waals surface area (Å²) in [6.45, 7) is 15.1. The molecule has 3 rings (SSSR count). The first-order chi connectivity index (χ1) is 15.6. The molecule has 0 heterocycles. The Labute approximate surface area is 203 Å². The van der Waals surface area contributed by atoms with Crippen LogP contribution in [0.5, 0.6) is 0 Å². The van der Waals surface area contributed by atoms with Crippen molar-refractivity contribution in [3.05, 3.63) is 89.5 Å². The standard InChI is InChI=1S/C27H33S.C3H6O2/c1-19(2)22-7-13-25(14-8-22)28(26-15-9-23(10-16-26)20(3)4)27-17-11-24(12-18-27)21(5)6;1-2-3(4)5/h7-21H,1-6H3;2H2,1H3,(H,4,5)/q+1;/p-1. The predicted octanol–water partition coefficient (Wildman–Crippen LogP) is 7.30. The maximum absolute atomic E-state index is 9.26. The molecule has 33 heavy (non-hydrogen) atoms. The maximum Gasteiger partial charge on any atom is 0.166 e. The van der Waals surface area contributed by atoms with Gasteiger partial charge in [0.15, 0.2) is 14.7 Å². The van der Waals surface area contributed by atoms with Gasteiger partial charge in [-0.05, 0) is 77.3 Å². The van der Waals surface area contributed by atoms with Crippen molar-refractivity contribution in [1.29, 1.82) is 0 Å². The van der Waals surface area contributed by atoms with E-state index in [1.165, 1.54) is 38.3 Å². The molecule has 0 saturated carbocycles. The number of hydrogen-bond donors (Lipinski definition) is 0. The minimum absolute atomic E-state index is 0.0791. The lowest BCUT2D eigenvalue weighted by atomic mass is 10.0. The van der Waals surface area contributed by atoms with E-state index in [0.717, 1.165) is 0 Å². The van der Waals surface area contributed by atoms with Gasteiger partial charge in [0.2, 0.25) is 0 Å². The normalized spacial score (nSPS) is 11.1. The molecule has 0 aliphatic rings. The molecule has 3 heteroatoms. The fraction of sp³-hybridized carbons (Fsp3) is 0.367. The first-order valence-corrected chi connectivity index (χ1v) is 13.1. The average Bonchev–Trinajstić information content (AvgIpc) is 2.80. The zero-order valence-electron chi connectivity index (χ0n) is 21.1. The smallest absolute Gasteiger partial charge is 0.166 e. The fourth-order valence-corrected chi connectivity index (χ4v) is 5.42. The number of carboxylic acids is 1. The Kier molecular flexibility index (Phi) is 10.2. The summed E-state index contributed by atoms with van der Waals surface area (Å²) in [5, 5.41) is 9.26. The Bertz CT molecular complexity index is 863. The van der Waals surface area contributed by atoms with Crippen LogP contribution in [-0.4, -0.2) is 5.97 Å². The summed E-state index contributed by atoms with van der Waals surface area (Å²) in [5.41, 5.74) is 4.20. The van der Waals surface area contributed by atoms with E-state index in [-0.39, 0.29) is 17.3 Å². The lowest BCUT2D eigenvalue weighted by Crippen LogP contribution is -2.19. The van der Waals surface area contributed by atoms with Crippen molar-refractivity contribution in [3.63, 3.8) is 0 Å². The van der Waals surface area contributed by atoms with Gasteiger partial charge in [-0.3, -0.25) is 0 Å². The number of aliphatic carboxylic acids is 1. The minimum atomic E-state index is -0.995. The number of carbonyl (C=O) groups excluding carboxylic acids is 1. The quantitative estimate of drug-likeness (QED) is 0.346. The van der Waals surface area contributed by atoms with Gasteiger partial charge in [0.05, 0.1) is 10.9 Å². The molecule has 0 N–H and O–H groups in total. The molecule has 176 valence electrons. The Morgan fingerprint density at radius 3 is 0.970 bits per heavy atom. The van der Waals surface area contributed by atoms with E-state index in [9.17, 15) is 9.90 Å². The van der Waals surface area contributed by atoms with Gasteiger partial charge in [-0.2, -0.15) is 0 Å². The van der Waals surface area contributed by atoms with Crippen molar-refractivity contribution in [2.24, 2.45) is 0 Å². The van der Waals surface area contributed by atoms with Gasteiger partial charge in [-0.15, -0.1) is 0 Å². The zero-order chi connectivity index (χ0) is 24.5. The van der Waals surface area contributed by atoms with E-state index in [1.807, 2.05) is 0 Å². The van der Waals surface area contributed by atoms with Gasteiger partial charge in [0.25, 0.3) is 0 Å². The van der Waals surface area contributed by atoms with E-state index in [2.05, 4.69) is 114 Å². The number of hydrogen-bond acceptors (Lipinski definition) is 2. The topological polar surface area (TPSA) is 40.1 Å². The van der Waals surface area contributed by atoms with E-state index in [1.54, 1.807) is 0 Å². The van der Waals surface area contributed by atoms with Crippen LogP contribution in [0.3, 0.4) is 0 Å². The Hall–Kier alpha value is -2.52. The summed E-state index contributed by atoms with van der Waals surface area (Å²) in [7, 11) is -0.0791. The summed E-state index contributed by atoms with van der Waals surface area (Å²) in [5.74, 6) is 0.689. The van der Waals surface area contributed by atoms with Crippen molar-refractivity contribution in [1.82, 2.24) is 0 Å². The summed E-state index contributed by atoms with van der Waals surface area (Å²) >= 11 is 0. The molecule has 0 saturated heterocycles. The van der Waals surface area contributed by atoms with Crippen LogP contribution >= 0.6 is 0 Å². The zero-order valence-corrected chi connectivity index (χ0v) is 21.9. The van der Waals surface area contributed by atoms with Crippen molar-refractivity contribution in [2.75, 3.05) is 0 Å². The molecule has 0 unspecified atom stereocenters. The average molecular weight is 463 g/mol. The first-order valence-electron chi connectivity index (χ1n) is 11.9. The highest BCUT2D eigenvalue weighted by Crippen LogP contribution is 2.33. The van der Waals surface area contributed by atoms with Crippen molar-refractivity contribution < 1.29 is 9.90 Å². The lowest BCUT2D eigenvalue weighted by Gasteiger charge is -2.12. The number of benzene rings is 3. The van der Waals surface area contributed by atoms with Crippen LogP contribution in [0.25, 0.3) is 0 Å². The molecule has 0 aliphatic heterocycles. The van der Waals surface area contributed by atoms with Crippen molar-refractivity contribution in [3.8, 4) is 0 Å². The van der Waals surface area contributed by atoms with Gasteiger partial charge >= 0.3 is 0 Å². The molecular formula is C30H38O2S. The van der Waals surface area contributed by atoms with Crippen LogP contribution in [0.15, 0.2) is 87.5 Å². The van der Waals surface area contributed by atoms with Gasteiger partial charge in [-0.1, -0.05) is 84.9 Å². The van der Waals surface area contributed by atoms with E-state index in [4.69, 9.17) is 0 Å². The Morgan fingerprint density at radius 2 is 0.818 bits per heavy atom. The largest absolute Gasteiger partial charge is 0.550 e. The number of rotatable bonds is 7. The van der Waals surface area contributed by atoms with Crippen LogP contribution < -0.4 is 5.11 Å². The molecule has 0 atom stereocenters. The van der Waals surface area contributed by atoms with Crippen LogP contribution in [0.2, 0.25) is 0 Å². The molecule has 0 aliphatic carbocycles. The van der Waals surface area contributed by atoms with Crippen molar-refractivity contribution in [2.45, 2.75) is 87.3 Å². The molecule has 0 spiro atoms. The second-order valence-electron chi connectivity index (χ2n) is 9.20. The molecule has 0 amide bonds. The molecular weight excluding hydrogens is 424 g/mol. The molecule has 0 fully saturated rings. The van der Waals surface area contributed by atoms with Gasteiger partial charge < -0.3 is 9.90 Å². The minimum Gasteiger partial charge on any atom is -0.550 e. The monoisotopic (exact) mass is 462 g/mol. The lowest BCUT2D eigenvalue weighted by molar-refractivity contribution is -0.305. The third-order valence-electron chi connectivity index (χ3n) is 5.64. The summed E-state index contributed by atoms with van der Waals surface area (Å²) in [6.07, 6.45) is 0.111. The molecule has 0 radical (unpaired) electrons. The SMILES string of the molecule is CC(C)c1ccc([S+](c2ccc(C(C)C)cc2)c2ccc(C(C)C)cc2)cc1.CCC(=O)[O-]. The highest BCUT2D eigenvalue weighted by Gasteiger charge is 2.29. The Balaban J connectivity index is 0.000000696. The predicted molar refractivity (Wildman–Crippen MR) is 139 cm³/mol. The molecule has 3 aromatic carbocycles. The van der Waals surface area contributed by atoms with Crippen LogP contribution in [0.1, 0.15) is 89.3 Å². The van der Waals surface area contributed by atoms with Gasteiger partial charge in [-0.25, -0.2) is 0 Å². The van der Waals surface area contributed by atoms with E-state index < -0.39 is 5.97 Å². The second-order valence-corrected chi connectivity index (χ2v) is 11.2. The van der Waals surface area contributed by atoms with Crippen molar-refractivity contribution >= 4 is 16.9 Å². The van der Waals surface area contributed by atoms with E-state index in [0.29, 0.717) is 17.8 Å². The summed E-state index contributed by atoms with van der Waals surface area (Å²) in [6, 6.07) is 27.7. The fourth-order valence-electron chi connectivity index (χ4n) is 3.37. The van der Waals surface area contributed by atoms with Crippen LogP contribution in [0, 0.1) is 0 Å². The van der Waals surface area contributed by atoms with Gasteiger partial charge in [0, 0.05) is 5.97 Å². The molecule has 2 nitrogen and oxygen atoms in total. The second kappa shape index (κ2) is 12.6.